The van der Waals surface area contributed by atoms with Gasteiger partial charge in [0, 0.05) is 5.56 Å². The lowest BCUT2D eigenvalue weighted by atomic mass is 10.0. The Labute approximate surface area is 125 Å². The van der Waals surface area contributed by atoms with Crippen LogP contribution >= 0.6 is 11.3 Å². The molecule has 1 heterocycles. The summed E-state index contributed by atoms with van der Waals surface area (Å²) in [5.41, 5.74) is -0.317. The predicted octanol–water partition coefficient (Wildman–Crippen LogP) is 4.75. The molecule has 2 rings (SSSR count). The van der Waals surface area contributed by atoms with E-state index in [1.54, 1.807) is 13.8 Å². The Morgan fingerprint density at radius 3 is 2.24 bits per heavy atom. The average Bonchev–Trinajstić information content (AvgIpc) is 2.81. The van der Waals surface area contributed by atoms with E-state index >= 15 is 0 Å². The molecule has 0 aliphatic carbocycles. The van der Waals surface area contributed by atoms with Crippen molar-refractivity contribution in [3.63, 3.8) is 0 Å². The lowest BCUT2D eigenvalue weighted by molar-refractivity contribution is -0.137. The van der Waals surface area contributed by atoms with Crippen molar-refractivity contribution in [1.82, 2.24) is 4.98 Å². The molecule has 0 saturated carbocycles. The van der Waals surface area contributed by atoms with E-state index in [9.17, 15) is 18.3 Å². The fourth-order valence-corrected chi connectivity index (χ4v) is 3.17. The minimum absolute atomic E-state index is 0.544. The summed E-state index contributed by atoms with van der Waals surface area (Å²) in [6, 6.07) is 4.91. The third-order valence-electron chi connectivity index (χ3n) is 3.43. The summed E-state index contributed by atoms with van der Waals surface area (Å²) >= 11 is 1.32. The van der Waals surface area contributed by atoms with Crippen LogP contribution in [0.15, 0.2) is 24.3 Å². The lowest BCUT2D eigenvalue weighted by Gasteiger charge is -2.19. The molecule has 2 aromatic rings. The van der Waals surface area contributed by atoms with Crippen molar-refractivity contribution in [2.75, 3.05) is 0 Å². The fourth-order valence-electron chi connectivity index (χ4n) is 1.98. The van der Waals surface area contributed by atoms with Crippen molar-refractivity contribution >= 4 is 11.3 Å². The summed E-state index contributed by atoms with van der Waals surface area (Å²) in [5.74, 6) is 0. The van der Waals surface area contributed by atoms with Crippen LogP contribution in [-0.2, 0) is 11.8 Å². The van der Waals surface area contributed by atoms with E-state index in [0.717, 1.165) is 17.0 Å². The van der Waals surface area contributed by atoms with Gasteiger partial charge < -0.3 is 5.11 Å². The Bertz CT molecular complexity index is 629. The first-order valence-corrected chi connectivity index (χ1v) is 7.34. The van der Waals surface area contributed by atoms with Crippen LogP contribution in [0.25, 0.3) is 10.6 Å². The van der Waals surface area contributed by atoms with Crippen molar-refractivity contribution in [3.8, 4) is 10.6 Å². The first-order chi connectivity index (χ1) is 9.65. The zero-order valence-corrected chi connectivity index (χ0v) is 12.8. The number of benzene rings is 1. The maximum atomic E-state index is 12.5. The van der Waals surface area contributed by atoms with Crippen LogP contribution in [-0.4, -0.2) is 10.1 Å². The van der Waals surface area contributed by atoms with Crippen LogP contribution < -0.4 is 0 Å². The number of halogens is 3. The number of hydrogen-bond acceptors (Lipinski definition) is 3. The molecule has 0 saturated heterocycles. The molecular weight excluding hydrogens is 299 g/mol. The van der Waals surface area contributed by atoms with Crippen LogP contribution in [0, 0.1) is 6.92 Å². The molecule has 2 nitrogen and oxygen atoms in total. The maximum absolute atomic E-state index is 12.5. The SMILES string of the molecule is CC[C@](C)(O)c1sc(-c2ccc(C(F)(F)F)cc2)nc1C. The van der Waals surface area contributed by atoms with E-state index < -0.39 is 17.3 Å². The zero-order chi connectivity index (χ0) is 15.8. The van der Waals surface area contributed by atoms with Crippen molar-refractivity contribution in [3.05, 3.63) is 40.4 Å². The van der Waals surface area contributed by atoms with Crippen LogP contribution in [0.3, 0.4) is 0 Å². The summed E-state index contributed by atoms with van der Waals surface area (Å²) in [6.45, 7) is 5.38. The topological polar surface area (TPSA) is 33.1 Å². The van der Waals surface area contributed by atoms with E-state index in [4.69, 9.17) is 0 Å². The number of rotatable bonds is 3. The van der Waals surface area contributed by atoms with E-state index in [1.165, 1.54) is 23.5 Å². The summed E-state index contributed by atoms with van der Waals surface area (Å²) in [6.07, 6.45) is -3.79. The average molecular weight is 315 g/mol. The van der Waals surface area contributed by atoms with Gasteiger partial charge in [-0.2, -0.15) is 13.2 Å². The molecule has 1 atom stereocenters. The monoisotopic (exact) mass is 315 g/mol. The Morgan fingerprint density at radius 2 is 1.76 bits per heavy atom. The van der Waals surface area contributed by atoms with Gasteiger partial charge in [0.15, 0.2) is 0 Å². The number of hydrogen-bond donors (Lipinski definition) is 1. The molecule has 0 fully saturated rings. The van der Waals surface area contributed by atoms with E-state index in [1.807, 2.05) is 6.92 Å². The number of aryl methyl sites for hydroxylation is 1. The fraction of sp³-hybridized carbons (Fsp3) is 0.400. The van der Waals surface area contributed by atoms with Gasteiger partial charge in [0.25, 0.3) is 0 Å². The summed E-state index contributed by atoms with van der Waals surface area (Å²) in [7, 11) is 0. The molecule has 6 heteroatoms. The van der Waals surface area contributed by atoms with Gasteiger partial charge in [-0.1, -0.05) is 19.1 Å². The number of thiazole rings is 1. The first kappa shape index (κ1) is 16.0. The second kappa shape index (κ2) is 5.42. The molecule has 1 aromatic carbocycles. The highest BCUT2D eigenvalue weighted by molar-refractivity contribution is 7.15. The first-order valence-electron chi connectivity index (χ1n) is 6.53. The van der Waals surface area contributed by atoms with Gasteiger partial charge in [0.1, 0.15) is 5.01 Å². The van der Waals surface area contributed by atoms with Crippen molar-refractivity contribution < 1.29 is 18.3 Å². The van der Waals surface area contributed by atoms with Gasteiger partial charge >= 0.3 is 6.18 Å². The second-order valence-corrected chi connectivity index (χ2v) is 6.14. The van der Waals surface area contributed by atoms with Crippen molar-refractivity contribution in [1.29, 1.82) is 0 Å². The molecule has 0 bridgehead atoms. The molecule has 0 unspecified atom stereocenters. The normalized spacial score (nSPS) is 15.0. The van der Waals surface area contributed by atoms with Gasteiger partial charge in [-0.05, 0) is 32.4 Å². The quantitative estimate of drug-likeness (QED) is 0.886. The van der Waals surface area contributed by atoms with Gasteiger partial charge in [-0.25, -0.2) is 4.98 Å². The molecule has 0 amide bonds. The number of nitrogens with zero attached hydrogens (tertiary/aromatic N) is 1. The van der Waals surface area contributed by atoms with Gasteiger partial charge in [-0.3, -0.25) is 0 Å². The molecule has 0 radical (unpaired) electrons. The van der Waals surface area contributed by atoms with E-state index in [2.05, 4.69) is 4.98 Å². The molecule has 1 N–H and O–H groups in total. The lowest BCUT2D eigenvalue weighted by Crippen LogP contribution is -2.18. The predicted molar refractivity (Wildman–Crippen MR) is 77.2 cm³/mol. The summed E-state index contributed by atoms with van der Waals surface area (Å²) in [4.78, 5) is 5.11. The Hall–Kier alpha value is -1.40. The molecule has 0 spiro atoms. The second-order valence-electron chi connectivity index (χ2n) is 5.14. The summed E-state index contributed by atoms with van der Waals surface area (Å²) in [5, 5.41) is 10.9. The highest BCUT2D eigenvalue weighted by Crippen LogP contribution is 2.37. The van der Waals surface area contributed by atoms with Gasteiger partial charge in [0.2, 0.25) is 0 Å². The smallest absolute Gasteiger partial charge is 0.385 e. The molecule has 0 aliphatic rings. The highest BCUT2D eigenvalue weighted by Gasteiger charge is 2.30. The molecule has 21 heavy (non-hydrogen) atoms. The minimum Gasteiger partial charge on any atom is -0.385 e. The number of alkyl halides is 3. The zero-order valence-electron chi connectivity index (χ0n) is 12.0. The van der Waals surface area contributed by atoms with Crippen LogP contribution in [0.4, 0.5) is 13.2 Å². The van der Waals surface area contributed by atoms with Gasteiger partial charge in [-0.15, -0.1) is 11.3 Å². The van der Waals surface area contributed by atoms with Crippen molar-refractivity contribution in [2.45, 2.75) is 39.0 Å². The van der Waals surface area contributed by atoms with Crippen LogP contribution in [0.1, 0.15) is 36.4 Å². The third-order valence-corrected chi connectivity index (χ3v) is 4.89. The Morgan fingerprint density at radius 1 is 1.19 bits per heavy atom. The van der Waals surface area contributed by atoms with E-state index in [-0.39, 0.29) is 0 Å². The molecule has 0 aliphatic heterocycles. The third kappa shape index (κ3) is 3.27. The molecular formula is C15H16F3NOS. The Kier molecular flexibility index (Phi) is 4.13. The minimum atomic E-state index is -4.34. The Balaban J connectivity index is 2.38. The van der Waals surface area contributed by atoms with Gasteiger partial charge in [0.05, 0.1) is 21.7 Å². The van der Waals surface area contributed by atoms with E-state index in [0.29, 0.717) is 22.7 Å². The van der Waals surface area contributed by atoms with Crippen LogP contribution in [0.2, 0.25) is 0 Å². The number of aliphatic hydroxyl groups is 1. The standard InChI is InChI=1S/C15H16F3NOS/c1-4-14(3,20)12-9(2)19-13(21-12)10-5-7-11(8-6-10)15(16,17)18/h5-8,20H,4H2,1-3H3/t14-/m0/s1. The molecule has 114 valence electrons. The number of aromatic nitrogens is 1. The summed E-state index contributed by atoms with van der Waals surface area (Å²) < 4.78 is 37.6. The largest absolute Gasteiger partial charge is 0.416 e. The highest BCUT2D eigenvalue weighted by atomic mass is 32.1. The van der Waals surface area contributed by atoms with Crippen molar-refractivity contribution in [2.24, 2.45) is 0 Å². The van der Waals surface area contributed by atoms with Crippen LogP contribution in [0.5, 0.6) is 0 Å². The molecule has 1 aromatic heterocycles. The maximum Gasteiger partial charge on any atom is 0.416 e.